The van der Waals surface area contributed by atoms with E-state index in [1.54, 1.807) is 0 Å². The number of fused-ring (bicyclic) bond motifs is 8. The molecule has 0 N–H and O–H groups in total. The summed E-state index contributed by atoms with van der Waals surface area (Å²) in [4.78, 5) is 55.3. The van der Waals surface area contributed by atoms with Crippen molar-refractivity contribution in [1.82, 2.24) is 0 Å². The molecular formula is C48H76O12. The van der Waals surface area contributed by atoms with Crippen LogP contribution in [-0.2, 0) is 57.1 Å². The third kappa shape index (κ3) is 11.0. The van der Waals surface area contributed by atoms with Crippen LogP contribution in [0.25, 0.3) is 0 Å². The minimum atomic E-state index is -0.496. The monoisotopic (exact) mass is 845 g/mol. The summed E-state index contributed by atoms with van der Waals surface area (Å²) in [5, 5.41) is 0. The highest BCUT2D eigenvalue weighted by molar-refractivity contribution is 5.82. The summed E-state index contributed by atoms with van der Waals surface area (Å²) in [7, 11) is 0. The van der Waals surface area contributed by atoms with Gasteiger partial charge in [-0.2, -0.15) is 0 Å². The van der Waals surface area contributed by atoms with E-state index in [9.17, 15) is 19.2 Å². The Morgan fingerprint density at radius 3 is 1.07 bits per heavy atom. The molecule has 0 saturated carbocycles. The van der Waals surface area contributed by atoms with Crippen LogP contribution >= 0.6 is 0 Å². The maximum atomic E-state index is 13.9. The van der Waals surface area contributed by atoms with Crippen molar-refractivity contribution in [3.05, 3.63) is 0 Å². The number of hydrogen-bond acceptors (Lipinski definition) is 12. The Kier molecular flexibility index (Phi) is 15.5. The van der Waals surface area contributed by atoms with Crippen LogP contribution in [0.1, 0.15) is 158 Å². The van der Waals surface area contributed by atoms with E-state index in [2.05, 4.69) is 27.7 Å². The van der Waals surface area contributed by atoms with Crippen molar-refractivity contribution in [1.29, 1.82) is 0 Å². The number of hydrogen-bond donors (Lipinski definition) is 0. The first-order valence-electron chi connectivity index (χ1n) is 24.0. The van der Waals surface area contributed by atoms with E-state index in [-0.39, 0.29) is 133 Å². The molecule has 7 fully saturated rings. The highest BCUT2D eigenvalue weighted by atomic mass is 16.6. The average molecular weight is 845 g/mol. The second-order valence-corrected chi connectivity index (χ2v) is 20.3. The van der Waals surface area contributed by atoms with Gasteiger partial charge in [0.15, 0.2) is 0 Å². The molecule has 7 rings (SSSR count). The summed E-state index contributed by atoms with van der Waals surface area (Å²) < 4.78 is 51.4. The van der Waals surface area contributed by atoms with E-state index < -0.39 is 24.0 Å². The van der Waals surface area contributed by atoms with Crippen molar-refractivity contribution in [3.63, 3.8) is 0 Å². The SMILES string of the molecule is C[C@@H]([C@@H]1CC[C@@H](C)O1)[C@H]1C[C@@H]2CC[C@@H](O2)[C@@H](C)C(=O)C[C@H]2CC[C@H](O2)[C@H](C)C(=O)O[C@@H]([C@@H](C)[C@@H]2CC[C@@H](C)O2)C[C@@H]2CC[C@@H](O2)[C@@H](C)C(=O)C[C@H]2CC[C@H](O2)[C@H](C)C(=O)O1. The van der Waals surface area contributed by atoms with Crippen LogP contribution in [-0.4, -0.2) is 109 Å². The Labute approximate surface area is 358 Å². The Morgan fingerprint density at radius 2 is 0.717 bits per heavy atom. The van der Waals surface area contributed by atoms with Crippen LogP contribution in [0.2, 0.25) is 0 Å². The Balaban J connectivity index is 1.06. The fraction of sp³-hybridized carbons (Fsp3) is 0.917. The summed E-state index contributed by atoms with van der Waals surface area (Å²) >= 11 is 0. The van der Waals surface area contributed by atoms with Crippen molar-refractivity contribution in [2.75, 3.05) is 0 Å². The molecule has 7 aliphatic rings. The van der Waals surface area contributed by atoms with Crippen LogP contribution in [0.5, 0.6) is 0 Å². The molecule has 7 aliphatic heterocycles. The molecule has 0 unspecified atom stereocenters. The van der Waals surface area contributed by atoms with Crippen LogP contribution < -0.4 is 0 Å². The normalized spacial score (nSPS) is 46.5. The molecule has 0 aliphatic carbocycles. The summed E-state index contributed by atoms with van der Waals surface area (Å²) in [5.74, 6) is -2.07. The number of cyclic esters (lactones) is 2. The molecule has 0 aromatic carbocycles. The lowest BCUT2D eigenvalue weighted by Crippen LogP contribution is -2.39. The van der Waals surface area contributed by atoms with E-state index in [0.29, 0.717) is 38.5 Å². The van der Waals surface area contributed by atoms with Gasteiger partial charge in [-0.15, -0.1) is 0 Å². The van der Waals surface area contributed by atoms with Gasteiger partial charge in [0, 0.05) is 49.4 Å². The molecule has 7 saturated heterocycles. The molecule has 0 aromatic heterocycles. The third-order valence-corrected chi connectivity index (χ3v) is 15.8. The largest absolute Gasteiger partial charge is 0.462 e. The Bertz CT molecular complexity index is 1380. The van der Waals surface area contributed by atoms with Crippen LogP contribution in [0.3, 0.4) is 0 Å². The second kappa shape index (κ2) is 20.3. The van der Waals surface area contributed by atoms with Crippen LogP contribution in [0, 0.1) is 35.5 Å². The molecule has 0 aromatic rings. The van der Waals surface area contributed by atoms with Gasteiger partial charge in [-0.3, -0.25) is 19.2 Å². The maximum Gasteiger partial charge on any atom is 0.311 e. The van der Waals surface area contributed by atoms with Gasteiger partial charge in [-0.1, -0.05) is 27.7 Å². The molecule has 60 heavy (non-hydrogen) atoms. The smallest absolute Gasteiger partial charge is 0.311 e. The highest BCUT2D eigenvalue weighted by Crippen LogP contribution is 2.39. The maximum absolute atomic E-state index is 13.9. The number of esters is 2. The Morgan fingerprint density at radius 1 is 0.383 bits per heavy atom. The molecular weight excluding hydrogens is 769 g/mol. The predicted molar refractivity (Wildman–Crippen MR) is 222 cm³/mol. The number of ketones is 2. The number of rotatable bonds is 4. The first-order valence-corrected chi connectivity index (χ1v) is 24.0. The quantitative estimate of drug-likeness (QED) is 0.257. The first-order chi connectivity index (χ1) is 28.6. The molecule has 7 heterocycles. The van der Waals surface area contributed by atoms with E-state index >= 15 is 0 Å². The lowest BCUT2D eigenvalue weighted by atomic mass is 9.90. The number of carbonyl (C=O) groups excluding carboxylic acids is 4. The zero-order valence-electron chi connectivity index (χ0n) is 37.8. The molecule has 340 valence electrons. The predicted octanol–water partition coefficient (Wildman–Crippen LogP) is 7.66. The van der Waals surface area contributed by atoms with Crippen molar-refractivity contribution in [2.24, 2.45) is 35.5 Å². The van der Waals surface area contributed by atoms with E-state index in [0.717, 1.165) is 51.4 Å². The van der Waals surface area contributed by atoms with Gasteiger partial charge in [0.2, 0.25) is 0 Å². The van der Waals surface area contributed by atoms with Gasteiger partial charge in [0.1, 0.15) is 23.8 Å². The fourth-order valence-electron chi connectivity index (χ4n) is 11.3. The van der Waals surface area contributed by atoms with Crippen molar-refractivity contribution < 1.29 is 57.1 Å². The van der Waals surface area contributed by atoms with E-state index in [4.69, 9.17) is 37.9 Å². The standard InChI is InChI=1S/C48H76O12/c1-25-9-15-41(53-25)29(5)45-23-35-13-17-39(57-35)27(3)37(49)22-34-12-20-44(56-34)32(8)48(52)60-46(30(6)42-16-10-26(2)54-42)24-36-14-18-40(58-36)28(4)38(50)21-33-11-19-43(55-33)31(7)47(51)59-45/h25-36,39-46H,9-24H2,1-8H3/t25-,26-,27+,28+,29+,30+,31+,32+,33-,34-,35+,36+,39-,40-,41+,42+,43+,44+,45-,46-/m1/s1. The third-order valence-electron chi connectivity index (χ3n) is 15.8. The molecule has 0 spiro atoms. The number of ether oxygens (including phenoxy) is 8. The van der Waals surface area contributed by atoms with Gasteiger partial charge in [-0.05, 0) is 105 Å². The van der Waals surface area contributed by atoms with Gasteiger partial charge < -0.3 is 37.9 Å². The molecule has 12 nitrogen and oxygen atoms in total. The topological polar surface area (TPSA) is 142 Å². The van der Waals surface area contributed by atoms with E-state index in [1.807, 2.05) is 27.7 Å². The number of carbonyl (C=O) groups is 4. The minimum Gasteiger partial charge on any atom is -0.462 e. The van der Waals surface area contributed by atoms with Gasteiger partial charge in [0.05, 0.1) is 85.1 Å². The number of Topliss-reactive ketones (excluding diaryl/α,β-unsaturated/α-hetero) is 2. The highest BCUT2D eigenvalue weighted by Gasteiger charge is 2.45. The van der Waals surface area contributed by atoms with Gasteiger partial charge in [0.25, 0.3) is 0 Å². The first kappa shape index (κ1) is 46.0. The molecule has 0 amide bonds. The van der Waals surface area contributed by atoms with Crippen molar-refractivity contribution in [2.45, 2.75) is 244 Å². The summed E-state index contributed by atoms with van der Waals surface area (Å²) in [6.45, 7) is 16.0. The van der Waals surface area contributed by atoms with Crippen molar-refractivity contribution in [3.8, 4) is 0 Å². The summed E-state index contributed by atoms with van der Waals surface area (Å²) in [5.41, 5.74) is 0. The molecule has 0 radical (unpaired) electrons. The second-order valence-electron chi connectivity index (χ2n) is 20.3. The zero-order valence-corrected chi connectivity index (χ0v) is 37.8. The molecule has 12 heteroatoms. The average Bonchev–Trinajstić information content (AvgIpc) is 4.09. The molecule has 8 bridgehead atoms. The minimum absolute atomic E-state index is 0.0145. The van der Waals surface area contributed by atoms with E-state index in [1.165, 1.54) is 0 Å². The fourth-order valence-corrected chi connectivity index (χ4v) is 11.3. The lowest BCUT2D eigenvalue weighted by molar-refractivity contribution is -0.167. The summed E-state index contributed by atoms with van der Waals surface area (Å²) in [6, 6.07) is 0. The Hall–Kier alpha value is -1.96. The van der Waals surface area contributed by atoms with Crippen LogP contribution in [0.15, 0.2) is 0 Å². The van der Waals surface area contributed by atoms with Gasteiger partial charge >= 0.3 is 11.9 Å². The summed E-state index contributed by atoms with van der Waals surface area (Å²) in [6.07, 6.45) is 8.73. The van der Waals surface area contributed by atoms with Gasteiger partial charge in [-0.25, -0.2) is 0 Å². The zero-order chi connectivity index (χ0) is 42.8. The molecule has 20 atom stereocenters. The van der Waals surface area contributed by atoms with Crippen LogP contribution in [0.4, 0.5) is 0 Å². The van der Waals surface area contributed by atoms with Crippen molar-refractivity contribution >= 4 is 23.5 Å². The lowest BCUT2D eigenvalue weighted by Gasteiger charge is -2.32.